The van der Waals surface area contributed by atoms with Crippen molar-refractivity contribution < 1.29 is 14.0 Å². The molecule has 0 bridgehead atoms. The molecule has 1 N–H and O–H groups in total. The van der Waals surface area contributed by atoms with Gasteiger partial charge in [-0.15, -0.1) is 0 Å². The lowest BCUT2D eigenvalue weighted by Gasteiger charge is -2.06. The van der Waals surface area contributed by atoms with Crippen LogP contribution in [0.15, 0.2) is 55.0 Å². The number of hydrogen-bond donors (Lipinski definition) is 1. The van der Waals surface area contributed by atoms with Crippen LogP contribution in [0.4, 0.5) is 4.39 Å². The smallest absolute Gasteiger partial charge is 0.197 e. The lowest BCUT2D eigenvalue weighted by Crippen LogP contribution is -2.08. The van der Waals surface area contributed by atoms with Crippen molar-refractivity contribution in [2.45, 2.75) is 19.8 Å². The van der Waals surface area contributed by atoms with Crippen LogP contribution in [0.1, 0.15) is 44.5 Å². The number of carbonyl (C=O) groups excluding carboxylic acids is 2. The lowest BCUT2D eigenvalue weighted by molar-refractivity contribution is 0.0988. The minimum absolute atomic E-state index is 0.0651. The zero-order chi connectivity index (χ0) is 17.8. The van der Waals surface area contributed by atoms with Crippen molar-refractivity contribution in [2.75, 3.05) is 0 Å². The number of rotatable bonds is 6. The van der Waals surface area contributed by atoms with Gasteiger partial charge in [0, 0.05) is 30.6 Å². The molecule has 0 atom stereocenters. The zero-order valence-corrected chi connectivity index (χ0v) is 13.8. The topological polar surface area (TPSA) is 62.8 Å². The Bertz CT molecular complexity index is 916. The fourth-order valence-corrected chi connectivity index (χ4v) is 2.73. The first-order valence-corrected chi connectivity index (χ1v) is 8.02. The second-order valence-electron chi connectivity index (χ2n) is 5.72. The molecule has 2 aromatic heterocycles. The van der Waals surface area contributed by atoms with Crippen LogP contribution in [0, 0.1) is 5.82 Å². The molecule has 4 nitrogen and oxygen atoms in total. The molecule has 5 heteroatoms. The van der Waals surface area contributed by atoms with Crippen LogP contribution in [-0.4, -0.2) is 21.5 Å². The number of ketones is 2. The summed E-state index contributed by atoms with van der Waals surface area (Å²) in [7, 11) is 0. The molecule has 1 aromatic carbocycles. The van der Waals surface area contributed by atoms with Gasteiger partial charge in [-0.3, -0.25) is 14.6 Å². The van der Waals surface area contributed by atoms with Crippen molar-refractivity contribution >= 4 is 11.6 Å². The molecule has 25 heavy (non-hydrogen) atoms. The van der Waals surface area contributed by atoms with Crippen LogP contribution in [-0.2, 0) is 12.8 Å². The van der Waals surface area contributed by atoms with Gasteiger partial charge in [0.25, 0.3) is 0 Å². The number of H-pyrrole nitrogens is 1. The Morgan fingerprint density at radius 1 is 1.20 bits per heavy atom. The summed E-state index contributed by atoms with van der Waals surface area (Å²) in [6.07, 6.45) is 5.45. The summed E-state index contributed by atoms with van der Waals surface area (Å²) in [4.78, 5) is 31.8. The van der Waals surface area contributed by atoms with Gasteiger partial charge in [-0.05, 0) is 35.7 Å². The Labute approximate surface area is 144 Å². The van der Waals surface area contributed by atoms with E-state index >= 15 is 0 Å². The van der Waals surface area contributed by atoms with Gasteiger partial charge in [-0.2, -0.15) is 0 Å². The summed E-state index contributed by atoms with van der Waals surface area (Å²) in [5, 5.41) is 0. The molecule has 2 heterocycles. The second-order valence-corrected chi connectivity index (χ2v) is 5.72. The molecule has 3 aromatic rings. The van der Waals surface area contributed by atoms with Crippen LogP contribution in [0.3, 0.4) is 0 Å². The van der Waals surface area contributed by atoms with Crippen LogP contribution in [0.25, 0.3) is 0 Å². The number of Topliss-reactive ketones (excluding diaryl/α,β-unsaturated/α-hetero) is 1. The van der Waals surface area contributed by atoms with Crippen molar-refractivity contribution in [3.63, 3.8) is 0 Å². The van der Waals surface area contributed by atoms with Gasteiger partial charge in [0.2, 0.25) is 0 Å². The molecule has 0 aliphatic heterocycles. The van der Waals surface area contributed by atoms with Crippen LogP contribution >= 0.6 is 0 Å². The van der Waals surface area contributed by atoms with E-state index in [0.717, 1.165) is 5.56 Å². The minimum atomic E-state index is -0.547. The molecular weight excluding hydrogens is 319 g/mol. The fraction of sp³-hybridized carbons (Fsp3) is 0.150. The molecule has 126 valence electrons. The number of aromatic nitrogens is 2. The van der Waals surface area contributed by atoms with E-state index < -0.39 is 11.6 Å². The van der Waals surface area contributed by atoms with Crippen LogP contribution in [0.5, 0.6) is 0 Å². The van der Waals surface area contributed by atoms with E-state index in [-0.39, 0.29) is 23.3 Å². The average Bonchev–Trinajstić information content (AvgIpc) is 3.12. The minimum Gasteiger partial charge on any atom is -0.358 e. The molecule has 0 saturated heterocycles. The predicted octanol–water partition coefficient (Wildman–Crippen LogP) is 3.77. The van der Waals surface area contributed by atoms with E-state index in [9.17, 15) is 14.0 Å². The SMILES string of the molecule is CCc1cccc(F)c1C(=O)c1c[nH]c(C(=O)Cc2cccnc2)c1. The summed E-state index contributed by atoms with van der Waals surface area (Å²) >= 11 is 0. The molecule has 0 amide bonds. The average molecular weight is 336 g/mol. The Morgan fingerprint density at radius 2 is 2.04 bits per heavy atom. The van der Waals surface area contributed by atoms with Gasteiger partial charge in [0.1, 0.15) is 5.82 Å². The zero-order valence-electron chi connectivity index (χ0n) is 13.8. The number of nitrogens with one attached hydrogen (secondary N) is 1. The van der Waals surface area contributed by atoms with E-state index in [1.807, 2.05) is 13.0 Å². The number of carbonyl (C=O) groups is 2. The summed E-state index contributed by atoms with van der Waals surface area (Å²) in [6.45, 7) is 1.87. The number of benzene rings is 1. The fourth-order valence-electron chi connectivity index (χ4n) is 2.73. The maximum atomic E-state index is 14.1. The molecule has 0 aliphatic rings. The summed E-state index contributed by atoms with van der Waals surface area (Å²) < 4.78 is 14.1. The van der Waals surface area contributed by atoms with Gasteiger partial charge in [0.05, 0.1) is 11.3 Å². The number of halogens is 1. The largest absolute Gasteiger partial charge is 0.358 e. The normalized spacial score (nSPS) is 10.6. The number of hydrogen-bond acceptors (Lipinski definition) is 3. The molecule has 0 fully saturated rings. The van der Waals surface area contributed by atoms with Crippen molar-refractivity contribution in [3.05, 3.63) is 88.8 Å². The maximum absolute atomic E-state index is 14.1. The van der Waals surface area contributed by atoms with Crippen molar-refractivity contribution in [1.82, 2.24) is 9.97 Å². The van der Waals surface area contributed by atoms with Gasteiger partial charge in [-0.25, -0.2) is 4.39 Å². The maximum Gasteiger partial charge on any atom is 0.197 e. The van der Waals surface area contributed by atoms with Crippen molar-refractivity contribution in [2.24, 2.45) is 0 Å². The third kappa shape index (κ3) is 3.55. The molecule has 0 unspecified atom stereocenters. The molecule has 0 aliphatic carbocycles. The highest BCUT2D eigenvalue weighted by Gasteiger charge is 2.20. The Hall–Kier alpha value is -3.08. The molecule has 3 rings (SSSR count). The van der Waals surface area contributed by atoms with E-state index in [1.54, 1.807) is 30.6 Å². The first kappa shape index (κ1) is 16.8. The first-order valence-electron chi connectivity index (χ1n) is 8.02. The van der Waals surface area contributed by atoms with E-state index in [4.69, 9.17) is 0 Å². The molecule has 0 spiro atoms. The standard InChI is InChI=1S/C20H17FN2O2/c1-2-14-6-3-7-16(21)19(14)20(25)15-10-17(23-12-15)18(24)9-13-5-4-8-22-11-13/h3-8,10-12,23H,2,9H2,1H3. The number of pyridine rings is 1. The molecule has 0 radical (unpaired) electrons. The lowest BCUT2D eigenvalue weighted by atomic mass is 9.97. The van der Waals surface area contributed by atoms with Gasteiger partial charge in [0.15, 0.2) is 11.6 Å². The van der Waals surface area contributed by atoms with Crippen molar-refractivity contribution in [3.8, 4) is 0 Å². The Kier molecular flexibility index (Phi) is 4.84. The third-order valence-corrected chi connectivity index (χ3v) is 4.04. The van der Waals surface area contributed by atoms with Gasteiger partial charge in [-0.1, -0.05) is 25.1 Å². The van der Waals surface area contributed by atoms with E-state index in [1.165, 1.54) is 18.3 Å². The summed E-state index contributed by atoms with van der Waals surface area (Å²) in [6, 6.07) is 9.65. The highest BCUT2D eigenvalue weighted by molar-refractivity contribution is 6.11. The quantitative estimate of drug-likeness (QED) is 0.697. The molecular formula is C20H17FN2O2. The monoisotopic (exact) mass is 336 g/mol. The van der Waals surface area contributed by atoms with Crippen LogP contribution in [0.2, 0.25) is 0 Å². The van der Waals surface area contributed by atoms with Crippen molar-refractivity contribution in [1.29, 1.82) is 0 Å². The van der Waals surface area contributed by atoms with E-state index in [2.05, 4.69) is 9.97 Å². The summed E-state index contributed by atoms with van der Waals surface area (Å²) in [5.74, 6) is -1.13. The first-order chi connectivity index (χ1) is 12.1. The molecule has 0 saturated carbocycles. The Morgan fingerprint density at radius 3 is 2.76 bits per heavy atom. The highest BCUT2D eigenvalue weighted by Crippen LogP contribution is 2.20. The van der Waals surface area contributed by atoms with Crippen LogP contribution < -0.4 is 0 Å². The number of aryl methyl sites for hydroxylation is 1. The predicted molar refractivity (Wildman–Crippen MR) is 92.3 cm³/mol. The highest BCUT2D eigenvalue weighted by atomic mass is 19.1. The van der Waals surface area contributed by atoms with E-state index in [0.29, 0.717) is 17.7 Å². The second kappa shape index (κ2) is 7.21. The van der Waals surface area contributed by atoms with Gasteiger partial charge >= 0.3 is 0 Å². The number of nitrogens with zero attached hydrogens (tertiary/aromatic N) is 1. The summed E-state index contributed by atoms with van der Waals surface area (Å²) in [5.41, 5.74) is 2.10. The van der Waals surface area contributed by atoms with Gasteiger partial charge < -0.3 is 4.98 Å². The Balaban J connectivity index is 1.84. The third-order valence-electron chi connectivity index (χ3n) is 4.04. The number of aromatic amines is 1.